The van der Waals surface area contributed by atoms with Gasteiger partial charge in [0, 0.05) is 12.6 Å². The third-order valence-electron chi connectivity index (χ3n) is 3.40. The van der Waals surface area contributed by atoms with Crippen LogP contribution in [0.4, 0.5) is 4.39 Å². The van der Waals surface area contributed by atoms with Gasteiger partial charge in [0.25, 0.3) is 0 Å². The summed E-state index contributed by atoms with van der Waals surface area (Å²) in [4.78, 5) is 0. The average molecular weight is 239 g/mol. The van der Waals surface area contributed by atoms with Gasteiger partial charge in [-0.05, 0) is 30.5 Å². The number of hydrogen-bond donors (Lipinski definition) is 2. The van der Waals surface area contributed by atoms with Crippen molar-refractivity contribution in [1.82, 2.24) is 5.32 Å². The quantitative estimate of drug-likeness (QED) is 0.797. The first-order valence-electron chi connectivity index (χ1n) is 6.29. The summed E-state index contributed by atoms with van der Waals surface area (Å²) in [5.74, 6) is -0.196. The van der Waals surface area contributed by atoms with Crippen molar-refractivity contribution in [3.63, 3.8) is 0 Å². The molecule has 17 heavy (non-hydrogen) atoms. The number of rotatable bonds is 6. The number of halogens is 1. The highest BCUT2D eigenvalue weighted by Crippen LogP contribution is 2.17. The molecule has 0 radical (unpaired) electrons. The molecule has 0 aliphatic carbocycles. The molecule has 0 aliphatic rings. The summed E-state index contributed by atoms with van der Waals surface area (Å²) in [6.45, 7) is 7.17. The summed E-state index contributed by atoms with van der Waals surface area (Å²) >= 11 is 0. The van der Waals surface area contributed by atoms with Crippen molar-refractivity contribution < 1.29 is 9.50 Å². The van der Waals surface area contributed by atoms with Crippen LogP contribution in [0.25, 0.3) is 0 Å². The SMILES string of the molecule is CCC(CC)C(C)NCc1ccc(O)c(F)c1. The normalized spacial score (nSPS) is 13.0. The lowest BCUT2D eigenvalue weighted by atomic mass is 9.95. The Morgan fingerprint density at radius 1 is 1.29 bits per heavy atom. The van der Waals surface area contributed by atoms with Crippen LogP contribution in [0, 0.1) is 11.7 Å². The molecule has 0 aromatic heterocycles. The second kappa shape index (κ2) is 6.60. The average Bonchev–Trinajstić information content (AvgIpc) is 2.32. The molecule has 0 amide bonds. The van der Waals surface area contributed by atoms with E-state index in [1.807, 2.05) is 0 Å². The van der Waals surface area contributed by atoms with Gasteiger partial charge in [-0.2, -0.15) is 0 Å². The Morgan fingerprint density at radius 2 is 1.94 bits per heavy atom. The van der Waals surface area contributed by atoms with Crippen molar-refractivity contribution >= 4 is 0 Å². The van der Waals surface area contributed by atoms with E-state index in [1.54, 1.807) is 6.07 Å². The molecule has 0 saturated carbocycles. The Labute approximate surface area is 103 Å². The topological polar surface area (TPSA) is 32.3 Å². The highest BCUT2D eigenvalue weighted by atomic mass is 19.1. The molecule has 1 aromatic carbocycles. The summed E-state index contributed by atoms with van der Waals surface area (Å²) in [5, 5.41) is 12.5. The Balaban J connectivity index is 2.52. The molecule has 2 nitrogen and oxygen atoms in total. The van der Waals surface area contributed by atoms with Gasteiger partial charge in [-0.1, -0.05) is 32.8 Å². The lowest BCUT2D eigenvalue weighted by molar-refractivity contribution is 0.352. The summed E-state index contributed by atoms with van der Waals surface area (Å²) in [5.41, 5.74) is 0.859. The van der Waals surface area contributed by atoms with E-state index in [4.69, 9.17) is 5.11 Å². The van der Waals surface area contributed by atoms with Crippen molar-refractivity contribution in [3.8, 4) is 5.75 Å². The van der Waals surface area contributed by atoms with E-state index in [2.05, 4.69) is 26.1 Å². The molecule has 96 valence electrons. The van der Waals surface area contributed by atoms with E-state index in [0.717, 1.165) is 18.4 Å². The van der Waals surface area contributed by atoms with Crippen LogP contribution in [-0.4, -0.2) is 11.1 Å². The highest BCUT2D eigenvalue weighted by molar-refractivity contribution is 5.27. The van der Waals surface area contributed by atoms with Gasteiger partial charge < -0.3 is 10.4 Å². The molecule has 1 aromatic rings. The summed E-state index contributed by atoms with van der Waals surface area (Å²) < 4.78 is 13.1. The van der Waals surface area contributed by atoms with E-state index in [9.17, 15) is 4.39 Å². The molecular formula is C14H22FNO. The minimum Gasteiger partial charge on any atom is -0.505 e. The minimum atomic E-state index is -0.556. The number of aromatic hydroxyl groups is 1. The Morgan fingerprint density at radius 3 is 2.47 bits per heavy atom. The molecule has 0 saturated heterocycles. The van der Waals surface area contributed by atoms with Gasteiger partial charge in [-0.3, -0.25) is 0 Å². The fourth-order valence-corrected chi connectivity index (χ4v) is 2.10. The second-order valence-electron chi connectivity index (χ2n) is 4.53. The molecule has 0 heterocycles. The first kappa shape index (κ1) is 14.0. The van der Waals surface area contributed by atoms with Gasteiger partial charge >= 0.3 is 0 Å². The third-order valence-corrected chi connectivity index (χ3v) is 3.40. The minimum absolute atomic E-state index is 0.290. The summed E-state index contributed by atoms with van der Waals surface area (Å²) in [6.07, 6.45) is 2.29. The highest BCUT2D eigenvalue weighted by Gasteiger charge is 2.12. The van der Waals surface area contributed by atoms with Gasteiger partial charge in [-0.15, -0.1) is 0 Å². The van der Waals surface area contributed by atoms with Gasteiger partial charge in [0.2, 0.25) is 0 Å². The van der Waals surface area contributed by atoms with Crippen molar-refractivity contribution in [3.05, 3.63) is 29.6 Å². The molecule has 0 fully saturated rings. The fourth-order valence-electron chi connectivity index (χ4n) is 2.10. The first-order chi connectivity index (χ1) is 8.08. The van der Waals surface area contributed by atoms with Crippen molar-refractivity contribution in [2.75, 3.05) is 0 Å². The molecule has 3 heteroatoms. The van der Waals surface area contributed by atoms with Crippen LogP contribution < -0.4 is 5.32 Å². The maximum atomic E-state index is 13.1. The predicted octanol–water partition coefficient (Wildman–Crippen LogP) is 3.45. The lowest BCUT2D eigenvalue weighted by Gasteiger charge is -2.22. The van der Waals surface area contributed by atoms with Gasteiger partial charge in [-0.25, -0.2) is 4.39 Å². The lowest BCUT2D eigenvalue weighted by Crippen LogP contribution is -2.32. The zero-order chi connectivity index (χ0) is 12.8. The van der Waals surface area contributed by atoms with Crippen LogP contribution in [0.5, 0.6) is 5.75 Å². The number of benzene rings is 1. The number of nitrogens with one attached hydrogen (secondary N) is 1. The molecule has 0 spiro atoms. The van der Waals surface area contributed by atoms with Gasteiger partial charge in [0.15, 0.2) is 11.6 Å². The maximum Gasteiger partial charge on any atom is 0.165 e. The monoisotopic (exact) mass is 239 g/mol. The van der Waals surface area contributed by atoms with Crippen LogP contribution in [0.1, 0.15) is 39.2 Å². The Bertz CT molecular complexity index is 350. The molecule has 0 aliphatic heterocycles. The van der Waals surface area contributed by atoms with Gasteiger partial charge in [0.05, 0.1) is 0 Å². The van der Waals surface area contributed by atoms with E-state index in [0.29, 0.717) is 18.5 Å². The molecule has 1 unspecified atom stereocenters. The second-order valence-corrected chi connectivity index (χ2v) is 4.53. The van der Waals surface area contributed by atoms with Crippen LogP contribution in [0.3, 0.4) is 0 Å². The number of phenolic OH excluding ortho intramolecular Hbond substituents is 1. The first-order valence-corrected chi connectivity index (χ1v) is 6.29. The summed E-state index contributed by atoms with van der Waals surface area (Å²) in [7, 11) is 0. The third kappa shape index (κ3) is 4.00. The zero-order valence-electron chi connectivity index (χ0n) is 10.8. The van der Waals surface area contributed by atoms with E-state index in [-0.39, 0.29) is 5.75 Å². The molecular weight excluding hydrogens is 217 g/mol. The molecule has 0 bridgehead atoms. The van der Waals surface area contributed by atoms with Crippen LogP contribution in [0.15, 0.2) is 18.2 Å². The largest absolute Gasteiger partial charge is 0.505 e. The molecule has 1 atom stereocenters. The maximum absolute atomic E-state index is 13.1. The van der Waals surface area contributed by atoms with Crippen LogP contribution >= 0.6 is 0 Å². The summed E-state index contributed by atoms with van der Waals surface area (Å²) in [6, 6.07) is 4.93. The number of phenols is 1. The zero-order valence-corrected chi connectivity index (χ0v) is 10.8. The Hall–Kier alpha value is -1.09. The van der Waals surface area contributed by atoms with E-state index in [1.165, 1.54) is 12.1 Å². The van der Waals surface area contributed by atoms with Crippen LogP contribution in [0.2, 0.25) is 0 Å². The van der Waals surface area contributed by atoms with E-state index >= 15 is 0 Å². The predicted molar refractivity (Wildman–Crippen MR) is 68.4 cm³/mol. The van der Waals surface area contributed by atoms with Crippen molar-refractivity contribution in [2.45, 2.75) is 46.2 Å². The van der Waals surface area contributed by atoms with Crippen molar-refractivity contribution in [2.24, 2.45) is 5.92 Å². The van der Waals surface area contributed by atoms with Gasteiger partial charge in [0.1, 0.15) is 0 Å². The smallest absolute Gasteiger partial charge is 0.165 e. The number of hydrogen-bond acceptors (Lipinski definition) is 2. The van der Waals surface area contributed by atoms with E-state index < -0.39 is 5.82 Å². The molecule has 2 N–H and O–H groups in total. The Kier molecular flexibility index (Phi) is 5.42. The standard InChI is InChI=1S/C14H22FNO/c1-4-12(5-2)10(3)16-9-11-6-7-14(17)13(15)8-11/h6-8,10,12,16-17H,4-5,9H2,1-3H3. The molecule has 1 rings (SSSR count). The fraction of sp³-hybridized carbons (Fsp3) is 0.571. The van der Waals surface area contributed by atoms with Crippen LogP contribution in [-0.2, 0) is 6.54 Å². The van der Waals surface area contributed by atoms with Crippen molar-refractivity contribution in [1.29, 1.82) is 0 Å².